The van der Waals surface area contributed by atoms with Gasteiger partial charge in [-0.25, -0.2) is 0 Å². The molecule has 0 aromatic heterocycles. The van der Waals surface area contributed by atoms with Crippen molar-refractivity contribution in [1.29, 1.82) is 0 Å². The van der Waals surface area contributed by atoms with Gasteiger partial charge >= 0.3 is 28.2 Å². The fourth-order valence-corrected chi connectivity index (χ4v) is 3.57. The van der Waals surface area contributed by atoms with Crippen molar-refractivity contribution >= 4 is 33.8 Å². The number of thioether (sulfide) groups is 1. The summed E-state index contributed by atoms with van der Waals surface area (Å²) in [6.07, 6.45) is 8.20. The van der Waals surface area contributed by atoms with Gasteiger partial charge in [0.25, 0.3) is 0 Å². The summed E-state index contributed by atoms with van der Waals surface area (Å²) in [5.74, 6) is 1.72. The van der Waals surface area contributed by atoms with Gasteiger partial charge in [-0.2, -0.15) is 11.8 Å². The molecule has 0 aliphatic heterocycles. The molecule has 3 aliphatic rings. The Hall–Kier alpha value is 1.68. The van der Waals surface area contributed by atoms with Crippen LogP contribution in [0.4, 0.5) is 0 Å². The summed E-state index contributed by atoms with van der Waals surface area (Å²) in [6.45, 7) is 7.07. The van der Waals surface area contributed by atoms with Gasteiger partial charge in [-0.1, -0.05) is 39.5 Å². The van der Waals surface area contributed by atoms with Crippen molar-refractivity contribution in [3.8, 4) is 0 Å². The zero-order valence-corrected chi connectivity index (χ0v) is 15.4. The van der Waals surface area contributed by atoms with Crippen molar-refractivity contribution < 1.29 is 18.8 Å². The first-order valence-electron chi connectivity index (χ1n) is 5.62. The molecule has 0 heterocycles. The van der Waals surface area contributed by atoms with E-state index in [0.29, 0.717) is 5.41 Å². The van der Waals surface area contributed by atoms with Crippen molar-refractivity contribution in [3.05, 3.63) is 0 Å². The number of halogens is 1. The van der Waals surface area contributed by atoms with Crippen LogP contribution in [0.1, 0.15) is 40.0 Å². The topological polar surface area (TPSA) is 0 Å². The Labute approximate surface area is 126 Å². The molecule has 0 N–H and O–H groups in total. The summed E-state index contributed by atoms with van der Waals surface area (Å²) in [6, 6.07) is 0. The van der Waals surface area contributed by atoms with Gasteiger partial charge in [-0.05, 0) is 30.3 Å². The van der Waals surface area contributed by atoms with Crippen molar-refractivity contribution in [3.63, 3.8) is 0 Å². The predicted octanol–water partition coefficient (Wildman–Crippen LogP) is 4.41. The molecule has 0 amide bonds. The Morgan fingerprint density at radius 2 is 1.69 bits per heavy atom. The molecule has 3 unspecified atom stereocenters. The number of hydrogen-bond acceptors (Lipinski definition) is 2. The van der Waals surface area contributed by atoms with Crippen LogP contribution in [0, 0.1) is 17.3 Å². The predicted molar refractivity (Wildman–Crippen MR) is 75.7 cm³/mol. The molecule has 0 spiro atoms. The fraction of sp³-hybridized carbons (Fsp3) is 1.00. The second kappa shape index (κ2) is 7.31. The van der Waals surface area contributed by atoms with E-state index in [1.807, 2.05) is 12.5 Å². The molecule has 0 radical (unpaired) electrons. The van der Waals surface area contributed by atoms with Crippen LogP contribution in [0.2, 0.25) is 0 Å². The molecular formula is C12H23ClPtS2. The molecule has 100 valence electrons. The summed E-state index contributed by atoms with van der Waals surface area (Å²) in [5, 5.41) is 0. The van der Waals surface area contributed by atoms with Crippen LogP contribution >= 0.6 is 21.2 Å². The first kappa shape index (κ1) is 17.7. The van der Waals surface area contributed by atoms with E-state index in [9.17, 15) is 0 Å². The van der Waals surface area contributed by atoms with Crippen molar-refractivity contribution in [2.75, 3.05) is 12.5 Å². The van der Waals surface area contributed by atoms with E-state index in [0.717, 1.165) is 11.8 Å². The second-order valence-electron chi connectivity index (χ2n) is 5.40. The molecule has 3 aliphatic carbocycles. The van der Waals surface area contributed by atoms with Gasteiger partial charge in [-0.3, -0.25) is 0 Å². The molecule has 3 atom stereocenters. The van der Waals surface area contributed by atoms with E-state index in [4.69, 9.17) is 12.6 Å². The maximum absolute atomic E-state index is 5.72. The van der Waals surface area contributed by atoms with E-state index in [-0.39, 0.29) is 4.75 Å². The minimum atomic E-state index is 0.260. The molecule has 0 saturated heterocycles. The van der Waals surface area contributed by atoms with Gasteiger partial charge < -0.3 is 12.6 Å². The summed E-state index contributed by atoms with van der Waals surface area (Å²) < 4.78 is 0.260. The van der Waals surface area contributed by atoms with Crippen molar-refractivity contribution in [2.45, 2.75) is 44.8 Å². The van der Waals surface area contributed by atoms with Crippen LogP contribution in [0.5, 0.6) is 0 Å². The molecule has 0 nitrogen and oxygen atoms in total. The third kappa shape index (κ3) is 3.16. The number of rotatable bonds is 0. The number of hydrogen-bond donors (Lipinski definition) is 0. The van der Waals surface area contributed by atoms with E-state index in [1.54, 1.807) is 30.5 Å². The van der Waals surface area contributed by atoms with Gasteiger partial charge in [0.2, 0.25) is 0 Å². The Bertz CT molecular complexity index is 211. The Morgan fingerprint density at radius 1 is 1.25 bits per heavy atom. The third-order valence-electron chi connectivity index (χ3n) is 4.41. The molecule has 16 heavy (non-hydrogen) atoms. The molecule has 4 heteroatoms. The average molecular weight is 462 g/mol. The normalized spacial score (nSPS) is 38.3. The first-order chi connectivity index (χ1) is 7.40. The van der Waals surface area contributed by atoms with Crippen LogP contribution < -0.4 is 0 Å². The van der Waals surface area contributed by atoms with Crippen LogP contribution in [0.15, 0.2) is 0 Å². The van der Waals surface area contributed by atoms with Crippen LogP contribution in [0.25, 0.3) is 0 Å². The molecule has 0 aromatic carbocycles. The molecule has 2 bridgehead atoms. The molecule has 3 fully saturated rings. The summed E-state index contributed by atoms with van der Waals surface area (Å²) in [5.41, 5.74) is 0.458. The monoisotopic (exact) mass is 461 g/mol. The molecule has 3 saturated carbocycles. The third-order valence-corrected chi connectivity index (χ3v) is 5.50. The molecule has 0 aromatic rings. The average Bonchev–Trinajstić information content (AvgIpc) is 2.25. The van der Waals surface area contributed by atoms with Crippen molar-refractivity contribution in [1.82, 2.24) is 0 Å². The second-order valence-corrected chi connectivity index (χ2v) is 6.94. The van der Waals surface area contributed by atoms with E-state index in [1.165, 1.54) is 19.3 Å². The van der Waals surface area contributed by atoms with Crippen LogP contribution in [-0.4, -0.2) is 17.3 Å². The fourth-order valence-electron chi connectivity index (χ4n) is 3.08. The van der Waals surface area contributed by atoms with Gasteiger partial charge in [-0.15, -0.1) is 4.75 Å². The Balaban J connectivity index is 0.000000394. The van der Waals surface area contributed by atoms with Crippen molar-refractivity contribution in [2.24, 2.45) is 17.3 Å². The quantitative estimate of drug-likeness (QED) is 0.490. The van der Waals surface area contributed by atoms with Gasteiger partial charge in [0.1, 0.15) is 0 Å². The summed E-state index contributed by atoms with van der Waals surface area (Å²) in [4.78, 5) is 0. The molecule has 3 rings (SSSR count). The van der Waals surface area contributed by atoms with Gasteiger partial charge in [0.15, 0.2) is 0 Å². The maximum atomic E-state index is 5.72. The van der Waals surface area contributed by atoms with Crippen LogP contribution in [-0.2, 0) is 31.4 Å². The van der Waals surface area contributed by atoms with Crippen LogP contribution in [0.3, 0.4) is 0 Å². The summed E-state index contributed by atoms with van der Waals surface area (Å²) in [7, 11) is 4.61. The Morgan fingerprint density at radius 3 is 1.94 bits per heavy atom. The summed E-state index contributed by atoms with van der Waals surface area (Å²) >= 11 is 9.08. The Kier molecular flexibility index (Phi) is 8.08. The van der Waals surface area contributed by atoms with Gasteiger partial charge in [0, 0.05) is 0 Å². The number of fused-ring (bicyclic) bond motifs is 2. The SMILES string of the molecule is CC1CCC2CC1([S-])C2(C)C.CSC.[Cl][Pt+]. The zero-order chi connectivity index (χ0) is 13.0. The first-order valence-corrected chi connectivity index (χ1v) is 10.5. The van der Waals surface area contributed by atoms with Gasteiger partial charge in [0.05, 0.1) is 0 Å². The standard InChI is InChI=1S/C10H18S.C2H6S.ClH.Pt/c1-7-4-5-8-6-10(7,11)9(8,2)3;1-3-2;;/h7-8,11H,4-6H2,1-3H3;1-2H3;1H;/q;;;+2/p-2. The van der Waals surface area contributed by atoms with E-state index >= 15 is 0 Å². The molecular weight excluding hydrogens is 439 g/mol. The zero-order valence-electron chi connectivity index (χ0n) is 10.8. The van der Waals surface area contributed by atoms with E-state index < -0.39 is 0 Å². The van der Waals surface area contributed by atoms with E-state index in [2.05, 4.69) is 30.2 Å². The minimum absolute atomic E-state index is 0.260.